The first kappa shape index (κ1) is 38.9. The van der Waals surface area contributed by atoms with Crippen LogP contribution in [0.2, 0.25) is 0 Å². The van der Waals surface area contributed by atoms with Crippen LogP contribution in [0.1, 0.15) is 103 Å². The number of benzene rings is 8. The zero-order valence-electron chi connectivity index (χ0n) is 37.8. The van der Waals surface area contributed by atoms with Crippen LogP contribution < -0.4 is 4.90 Å². The molecule has 0 bridgehead atoms. The average Bonchev–Trinajstić information content (AvgIpc) is 3.81. The maximum atomic E-state index is 2.56. The van der Waals surface area contributed by atoms with Crippen molar-refractivity contribution in [3.05, 3.63) is 185 Å². The van der Waals surface area contributed by atoms with Crippen molar-refractivity contribution in [2.24, 2.45) is 0 Å². The third kappa shape index (κ3) is 5.72. The van der Waals surface area contributed by atoms with Crippen LogP contribution in [0.25, 0.3) is 64.3 Å². The van der Waals surface area contributed by atoms with Gasteiger partial charge in [-0.1, -0.05) is 172 Å². The molecule has 1 nitrogen and oxygen atoms in total. The maximum absolute atomic E-state index is 2.56. The molecular formula is C60H55NS. The van der Waals surface area contributed by atoms with Gasteiger partial charge in [0.15, 0.2) is 0 Å². The summed E-state index contributed by atoms with van der Waals surface area (Å²) in [5.74, 6) is 0. The second-order valence-corrected chi connectivity index (χ2v) is 22.1. The van der Waals surface area contributed by atoms with Gasteiger partial charge in [-0.3, -0.25) is 0 Å². The van der Waals surface area contributed by atoms with Gasteiger partial charge in [0.2, 0.25) is 0 Å². The molecule has 11 rings (SSSR count). The zero-order chi connectivity index (χ0) is 43.1. The Morgan fingerprint density at radius 1 is 0.452 bits per heavy atom. The Bertz CT molecular complexity index is 3300. The summed E-state index contributed by atoms with van der Waals surface area (Å²) < 4.78 is 2.78. The number of hydrogen-bond donors (Lipinski definition) is 0. The first-order valence-electron chi connectivity index (χ1n) is 22.3. The molecule has 0 N–H and O–H groups in total. The molecule has 9 aromatic rings. The first-order valence-corrected chi connectivity index (χ1v) is 23.2. The van der Waals surface area contributed by atoms with E-state index in [9.17, 15) is 0 Å². The third-order valence-corrected chi connectivity index (χ3v) is 15.5. The fourth-order valence-electron chi connectivity index (χ4n) is 10.8. The minimum Gasteiger partial charge on any atom is -0.310 e. The molecule has 0 fully saturated rings. The van der Waals surface area contributed by atoms with Gasteiger partial charge in [0, 0.05) is 47.9 Å². The summed E-state index contributed by atoms with van der Waals surface area (Å²) in [6, 6.07) is 57.9. The molecular weight excluding hydrogens is 767 g/mol. The average molecular weight is 822 g/mol. The van der Waals surface area contributed by atoms with Gasteiger partial charge in [0.25, 0.3) is 0 Å². The van der Waals surface area contributed by atoms with Crippen LogP contribution in [0.5, 0.6) is 0 Å². The third-order valence-electron chi connectivity index (χ3n) is 14.3. The number of rotatable bonds is 4. The molecule has 2 aliphatic carbocycles. The van der Waals surface area contributed by atoms with Crippen molar-refractivity contribution in [1.82, 2.24) is 0 Å². The normalized spacial score (nSPS) is 14.9. The van der Waals surface area contributed by atoms with E-state index in [1.54, 1.807) is 0 Å². The maximum Gasteiger partial charge on any atom is 0.0543 e. The van der Waals surface area contributed by atoms with E-state index in [0.29, 0.717) is 0 Å². The Kier molecular flexibility index (Phi) is 8.33. The van der Waals surface area contributed by atoms with Crippen molar-refractivity contribution >= 4 is 59.3 Å². The number of hydrogen-bond acceptors (Lipinski definition) is 2. The standard InChI is InChI=1S/C60H55NS/c1-57(2,3)38-31-46-45-34-51-47(35-54(45)62-56(46)52(32-38)58(4,5)6)55-49(60(51,9)10)23-16-24-53(55)61(40-29-30-44-43-20-13-14-22-48(43)59(7,8)50(44)33-40)39-27-25-37(26-28-39)42-21-15-18-36-17-11-12-19-41(36)42/h11-35H,1-10H3. The van der Waals surface area contributed by atoms with Crippen molar-refractivity contribution in [2.75, 3.05) is 4.90 Å². The van der Waals surface area contributed by atoms with Crippen molar-refractivity contribution in [3.63, 3.8) is 0 Å². The lowest BCUT2D eigenvalue weighted by atomic mass is 9.79. The van der Waals surface area contributed by atoms with E-state index in [1.165, 1.54) is 109 Å². The van der Waals surface area contributed by atoms with Crippen LogP contribution in [-0.4, -0.2) is 0 Å². The molecule has 1 aromatic heterocycles. The van der Waals surface area contributed by atoms with Gasteiger partial charge >= 0.3 is 0 Å². The number of anilines is 3. The van der Waals surface area contributed by atoms with Crippen LogP contribution in [-0.2, 0) is 21.7 Å². The minimum absolute atomic E-state index is 0.0254. The van der Waals surface area contributed by atoms with Crippen molar-refractivity contribution in [1.29, 1.82) is 0 Å². The summed E-state index contributed by atoms with van der Waals surface area (Å²) in [5, 5.41) is 5.31. The summed E-state index contributed by atoms with van der Waals surface area (Å²) in [6.45, 7) is 23.8. The summed E-state index contributed by atoms with van der Waals surface area (Å²) >= 11 is 1.98. The van der Waals surface area contributed by atoms with Crippen molar-refractivity contribution in [3.8, 4) is 33.4 Å². The molecule has 0 saturated carbocycles. The summed E-state index contributed by atoms with van der Waals surface area (Å²) in [7, 11) is 0. The fraction of sp³-hybridized carbons (Fsp3) is 0.233. The smallest absolute Gasteiger partial charge is 0.0543 e. The van der Waals surface area contributed by atoms with E-state index in [1.807, 2.05) is 11.3 Å². The van der Waals surface area contributed by atoms with E-state index in [-0.39, 0.29) is 21.7 Å². The molecule has 8 aromatic carbocycles. The largest absolute Gasteiger partial charge is 0.310 e. The Labute approximate surface area is 371 Å². The molecule has 0 aliphatic heterocycles. The monoisotopic (exact) mass is 821 g/mol. The Balaban J connectivity index is 1.14. The van der Waals surface area contributed by atoms with Crippen molar-refractivity contribution in [2.45, 2.75) is 90.9 Å². The van der Waals surface area contributed by atoms with Crippen LogP contribution >= 0.6 is 11.3 Å². The van der Waals surface area contributed by atoms with Gasteiger partial charge in [-0.2, -0.15) is 0 Å². The molecule has 0 unspecified atom stereocenters. The highest BCUT2D eigenvalue weighted by molar-refractivity contribution is 7.26. The predicted molar refractivity (Wildman–Crippen MR) is 269 cm³/mol. The molecule has 306 valence electrons. The Hall–Kier alpha value is -5.96. The van der Waals surface area contributed by atoms with Crippen LogP contribution in [0.15, 0.2) is 152 Å². The summed E-state index contributed by atoms with van der Waals surface area (Å²) in [6.07, 6.45) is 0. The van der Waals surface area contributed by atoms with Crippen molar-refractivity contribution < 1.29 is 0 Å². The van der Waals surface area contributed by atoms with Gasteiger partial charge in [0.05, 0.1) is 5.69 Å². The molecule has 0 spiro atoms. The Morgan fingerprint density at radius 2 is 1.08 bits per heavy atom. The fourth-order valence-corrected chi connectivity index (χ4v) is 12.3. The molecule has 0 saturated heterocycles. The second-order valence-electron chi connectivity index (χ2n) is 21.0. The predicted octanol–water partition coefficient (Wildman–Crippen LogP) is 17.6. The lowest BCUT2D eigenvalue weighted by Crippen LogP contribution is -2.17. The quantitative estimate of drug-likeness (QED) is 0.171. The summed E-state index contributed by atoms with van der Waals surface area (Å²) in [4.78, 5) is 2.54. The molecule has 2 heteroatoms. The first-order chi connectivity index (χ1) is 29.5. The molecule has 0 radical (unpaired) electrons. The minimum atomic E-state index is -0.191. The molecule has 0 atom stereocenters. The van der Waals surface area contributed by atoms with Crippen LogP contribution in [0, 0.1) is 0 Å². The molecule has 62 heavy (non-hydrogen) atoms. The summed E-state index contributed by atoms with van der Waals surface area (Å²) in [5.41, 5.74) is 19.5. The van der Waals surface area contributed by atoms with E-state index >= 15 is 0 Å². The lowest BCUT2D eigenvalue weighted by molar-refractivity contribution is 0.573. The number of fused-ring (bicyclic) bond motifs is 10. The van der Waals surface area contributed by atoms with Crippen LogP contribution in [0.4, 0.5) is 17.1 Å². The van der Waals surface area contributed by atoms with Gasteiger partial charge in [-0.05, 0) is 131 Å². The van der Waals surface area contributed by atoms with E-state index in [2.05, 4.69) is 226 Å². The highest BCUT2D eigenvalue weighted by atomic mass is 32.1. The Morgan fingerprint density at radius 3 is 1.85 bits per heavy atom. The number of nitrogens with zero attached hydrogens (tertiary/aromatic N) is 1. The van der Waals surface area contributed by atoms with Gasteiger partial charge in [-0.15, -0.1) is 11.3 Å². The highest BCUT2D eigenvalue weighted by Crippen LogP contribution is 2.58. The SMILES string of the molecule is CC(C)(C)c1cc(C(C)(C)C)c2sc3cc4c(cc3c2c1)C(C)(C)c1cccc(N(c2ccc(-c3cccc5ccccc35)cc2)c2ccc3c(c2)C(C)(C)c2ccccc2-3)c1-4. The molecule has 1 heterocycles. The number of thiophene rings is 1. The van der Waals surface area contributed by atoms with E-state index in [0.717, 1.165) is 5.69 Å². The molecule has 2 aliphatic rings. The van der Waals surface area contributed by atoms with E-state index in [4.69, 9.17) is 0 Å². The van der Waals surface area contributed by atoms with Gasteiger partial charge in [0.1, 0.15) is 0 Å². The van der Waals surface area contributed by atoms with Crippen LogP contribution in [0.3, 0.4) is 0 Å². The second kappa shape index (κ2) is 13.3. The molecule has 0 amide bonds. The van der Waals surface area contributed by atoms with Gasteiger partial charge in [-0.25, -0.2) is 0 Å². The lowest BCUT2D eigenvalue weighted by Gasteiger charge is -2.30. The van der Waals surface area contributed by atoms with E-state index < -0.39 is 0 Å². The highest BCUT2D eigenvalue weighted by Gasteiger charge is 2.40. The zero-order valence-corrected chi connectivity index (χ0v) is 38.6. The van der Waals surface area contributed by atoms with Gasteiger partial charge < -0.3 is 4.90 Å². The topological polar surface area (TPSA) is 3.24 Å².